The normalized spacial score (nSPS) is 12.7. The van der Waals surface area contributed by atoms with E-state index in [1.54, 1.807) is 0 Å². The average Bonchev–Trinajstić information content (AvgIpc) is 3.34. The first-order chi connectivity index (χ1) is 33.5. The minimum Gasteiger partial charge on any atom is -0.466 e. The Kier molecular flexibility index (Phi) is 56.5. The molecule has 0 fully saturated rings. The standard InChI is InChI=1S/C62H119NO5/c1-3-5-7-9-11-13-15-17-18-27-31-34-38-42-46-50-54-60(65)59(58-64)63-61(66)55-51-47-43-39-35-32-28-25-23-21-19-20-22-24-26-29-33-37-41-45-49-53-57-68-62(67)56-52-48-44-40-36-30-16-14-12-10-8-6-4-2/h8,10,14,16,59-60,64-65H,3-7,9,11-13,15,17-58H2,1-2H3,(H,63,66)/b10-8-,16-14-. The van der Waals surface area contributed by atoms with E-state index in [1.807, 2.05) is 0 Å². The second-order valence-corrected chi connectivity index (χ2v) is 21.0. The average molecular weight is 959 g/mol. The van der Waals surface area contributed by atoms with Gasteiger partial charge in [-0.15, -0.1) is 0 Å². The van der Waals surface area contributed by atoms with Crippen molar-refractivity contribution in [3.05, 3.63) is 24.3 Å². The number of aliphatic hydroxyl groups excluding tert-OH is 2. The first-order valence-corrected chi connectivity index (χ1v) is 30.6. The van der Waals surface area contributed by atoms with E-state index >= 15 is 0 Å². The predicted molar refractivity (Wildman–Crippen MR) is 296 cm³/mol. The summed E-state index contributed by atoms with van der Waals surface area (Å²) >= 11 is 0. The van der Waals surface area contributed by atoms with Gasteiger partial charge in [0.15, 0.2) is 0 Å². The molecule has 6 nitrogen and oxygen atoms in total. The van der Waals surface area contributed by atoms with Crippen molar-refractivity contribution in [2.45, 2.75) is 347 Å². The zero-order chi connectivity index (χ0) is 49.3. The van der Waals surface area contributed by atoms with Crippen LogP contribution in [0.3, 0.4) is 0 Å². The third kappa shape index (κ3) is 53.7. The van der Waals surface area contributed by atoms with E-state index in [2.05, 4.69) is 43.5 Å². The van der Waals surface area contributed by atoms with Gasteiger partial charge in [-0.2, -0.15) is 0 Å². The minimum absolute atomic E-state index is 0.00175. The van der Waals surface area contributed by atoms with Gasteiger partial charge in [0.2, 0.25) is 5.91 Å². The van der Waals surface area contributed by atoms with Gasteiger partial charge in [-0.1, -0.05) is 295 Å². The molecule has 0 rings (SSSR count). The molecule has 0 saturated heterocycles. The minimum atomic E-state index is -0.664. The first-order valence-electron chi connectivity index (χ1n) is 30.6. The second-order valence-electron chi connectivity index (χ2n) is 21.0. The third-order valence-corrected chi connectivity index (χ3v) is 14.2. The molecule has 2 atom stereocenters. The topological polar surface area (TPSA) is 95.9 Å². The lowest BCUT2D eigenvalue weighted by atomic mass is 10.0. The maximum Gasteiger partial charge on any atom is 0.305 e. The molecule has 68 heavy (non-hydrogen) atoms. The van der Waals surface area contributed by atoms with Crippen LogP contribution in [0.1, 0.15) is 335 Å². The summed E-state index contributed by atoms with van der Waals surface area (Å²) in [5.74, 6) is -0.0349. The van der Waals surface area contributed by atoms with E-state index in [-0.39, 0.29) is 18.5 Å². The summed E-state index contributed by atoms with van der Waals surface area (Å²) in [6.45, 7) is 4.90. The number of nitrogens with one attached hydrogen (secondary N) is 1. The second kappa shape index (κ2) is 57.9. The van der Waals surface area contributed by atoms with Crippen LogP contribution in [0.5, 0.6) is 0 Å². The Bertz CT molecular complexity index is 1060. The molecule has 0 aromatic rings. The summed E-state index contributed by atoms with van der Waals surface area (Å²) < 4.78 is 5.47. The number of hydrogen-bond acceptors (Lipinski definition) is 5. The van der Waals surface area contributed by atoms with Crippen molar-refractivity contribution in [2.24, 2.45) is 0 Å². The molecular formula is C62H119NO5. The fourth-order valence-corrected chi connectivity index (χ4v) is 9.56. The number of esters is 1. The number of unbranched alkanes of at least 4 members (excludes halogenated alkanes) is 42. The number of carbonyl (C=O) groups is 2. The number of rotatable bonds is 57. The maximum atomic E-state index is 12.5. The van der Waals surface area contributed by atoms with E-state index < -0.39 is 12.1 Å². The van der Waals surface area contributed by atoms with Gasteiger partial charge in [-0.25, -0.2) is 0 Å². The molecule has 0 radical (unpaired) electrons. The monoisotopic (exact) mass is 958 g/mol. The van der Waals surface area contributed by atoms with Crippen LogP contribution in [0.25, 0.3) is 0 Å². The molecule has 0 aliphatic heterocycles. The third-order valence-electron chi connectivity index (χ3n) is 14.2. The van der Waals surface area contributed by atoms with Crippen LogP contribution in [0.4, 0.5) is 0 Å². The van der Waals surface area contributed by atoms with E-state index in [0.717, 1.165) is 51.4 Å². The number of aliphatic hydroxyl groups is 2. The summed E-state index contributed by atoms with van der Waals surface area (Å²) in [4.78, 5) is 24.5. The van der Waals surface area contributed by atoms with Crippen LogP contribution in [0, 0.1) is 0 Å². The van der Waals surface area contributed by atoms with Gasteiger partial charge >= 0.3 is 5.97 Å². The summed E-state index contributed by atoms with van der Waals surface area (Å²) in [6, 6.07) is -0.541. The lowest BCUT2D eigenvalue weighted by Crippen LogP contribution is -2.45. The number of amides is 1. The van der Waals surface area contributed by atoms with Gasteiger partial charge < -0.3 is 20.3 Å². The molecule has 6 heteroatoms. The quantitative estimate of drug-likeness (QED) is 0.0321. The van der Waals surface area contributed by atoms with Gasteiger partial charge in [0.1, 0.15) is 0 Å². The lowest BCUT2D eigenvalue weighted by Gasteiger charge is -2.22. The zero-order valence-corrected chi connectivity index (χ0v) is 45.9. The number of allylic oxidation sites excluding steroid dienone is 4. The molecule has 0 bridgehead atoms. The molecule has 2 unspecified atom stereocenters. The highest BCUT2D eigenvalue weighted by Crippen LogP contribution is 2.18. The highest BCUT2D eigenvalue weighted by atomic mass is 16.5. The Morgan fingerprint density at radius 3 is 1.18 bits per heavy atom. The molecule has 0 heterocycles. The summed E-state index contributed by atoms with van der Waals surface area (Å²) in [6.07, 6.45) is 70.4. The number of carbonyl (C=O) groups excluding carboxylic acids is 2. The van der Waals surface area contributed by atoms with Crippen molar-refractivity contribution in [3.8, 4) is 0 Å². The SMILES string of the molecule is CCC/C=C\C/C=C\CCCCCCCC(=O)OCCCCCCCCCCCCCCCCCCCCCCCCC(=O)NC(CO)C(O)CCCCCCCCCCCCCCCCCC. The van der Waals surface area contributed by atoms with E-state index in [1.165, 1.54) is 250 Å². The van der Waals surface area contributed by atoms with Crippen LogP contribution in [0.2, 0.25) is 0 Å². The predicted octanol–water partition coefficient (Wildman–Crippen LogP) is 19.0. The van der Waals surface area contributed by atoms with Crippen molar-refractivity contribution in [1.29, 1.82) is 0 Å². The summed E-state index contributed by atoms with van der Waals surface area (Å²) in [5.41, 5.74) is 0. The molecular weight excluding hydrogens is 839 g/mol. The van der Waals surface area contributed by atoms with Crippen LogP contribution < -0.4 is 5.32 Å². The molecule has 3 N–H and O–H groups in total. The fraction of sp³-hybridized carbons (Fsp3) is 0.903. The summed E-state index contributed by atoms with van der Waals surface area (Å²) in [5, 5.41) is 23.3. The van der Waals surface area contributed by atoms with Crippen LogP contribution >= 0.6 is 0 Å². The smallest absolute Gasteiger partial charge is 0.305 e. The number of ether oxygens (including phenoxy) is 1. The molecule has 402 valence electrons. The highest BCUT2D eigenvalue weighted by molar-refractivity contribution is 5.76. The fourth-order valence-electron chi connectivity index (χ4n) is 9.56. The van der Waals surface area contributed by atoms with Crippen LogP contribution in [0.15, 0.2) is 24.3 Å². The Balaban J connectivity index is 3.38. The zero-order valence-electron chi connectivity index (χ0n) is 45.9. The number of hydrogen-bond donors (Lipinski definition) is 3. The molecule has 0 aliphatic rings. The molecule has 0 spiro atoms. The molecule has 1 amide bonds. The largest absolute Gasteiger partial charge is 0.466 e. The van der Waals surface area contributed by atoms with Gasteiger partial charge in [-0.05, 0) is 51.4 Å². The molecule has 0 aromatic carbocycles. The van der Waals surface area contributed by atoms with E-state index in [4.69, 9.17) is 4.74 Å². The maximum absolute atomic E-state index is 12.5. The Morgan fingerprint density at radius 1 is 0.412 bits per heavy atom. The van der Waals surface area contributed by atoms with E-state index in [0.29, 0.717) is 25.9 Å². The van der Waals surface area contributed by atoms with Gasteiger partial charge in [-0.3, -0.25) is 9.59 Å². The van der Waals surface area contributed by atoms with Crippen LogP contribution in [-0.4, -0.2) is 47.4 Å². The van der Waals surface area contributed by atoms with Crippen molar-refractivity contribution in [2.75, 3.05) is 13.2 Å². The Labute approximate surface area is 424 Å². The van der Waals surface area contributed by atoms with E-state index in [9.17, 15) is 19.8 Å². The van der Waals surface area contributed by atoms with Crippen molar-refractivity contribution in [1.82, 2.24) is 5.32 Å². The van der Waals surface area contributed by atoms with Crippen molar-refractivity contribution < 1.29 is 24.5 Å². The molecule has 0 aromatic heterocycles. The lowest BCUT2D eigenvalue weighted by molar-refractivity contribution is -0.143. The summed E-state index contributed by atoms with van der Waals surface area (Å²) in [7, 11) is 0. The van der Waals surface area contributed by atoms with Gasteiger partial charge in [0.05, 0.1) is 25.4 Å². The van der Waals surface area contributed by atoms with Gasteiger partial charge in [0, 0.05) is 12.8 Å². The first kappa shape index (κ1) is 66.3. The highest BCUT2D eigenvalue weighted by Gasteiger charge is 2.20. The van der Waals surface area contributed by atoms with Crippen molar-refractivity contribution >= 4 is 11.9 Å². The Morgan fingerprint density at radius 2 is 0.765 bits per heavy atom. The van der Waals surface area contributed by atoms with Gasteiger partial charge in [0.25, 0.3) is 0 Å². The molecule has 0 saturated carbocycles. The van der Waals surface area contributed by atoms with Crippen LogP contribution in [-0.2, 0) is 14.3 Å². The molecule has 0 aliphatic carbocycles. The van der Waals surface area contributed by atoms with Crippen molar-refractivity contribution in [3.63, 3.8) is 0 Å². The Hall–Kier alpha value is -1.66.